The lowest BCUT2D eigenvalue weighted by Crippen LogP contribution is -2.34. The summed E-state index contributed by atoms with van der Waals surface area (Å²) in [4.78, 5) is 12.4. The highest BCUT2D eigenvalue weighted by Crippen LogP contribution is 2.25. The SMILES string of the molecule is O=CC1CCN(c2ccc(F)cc2F)CC1. The summed E-state index contributed by atoms with van der Waals surface area (Å²) in [7, 11) is 0. The van der Waals surface area contributed by atoms with E-state index in [0.29, 0.717) is 18.8 Å². The highest BCUT2D eigenvalue weighted by atomic mass is 19.1. The molecule has 4 heteroatoms. The number of rotatable bonds is 2. The minimum absolute atomic E-state index is 0.0831. The maximum Gasteiger partial charge on any atom is 0.149 e. The first kappa shape index (κ1) is 11.0. The number of hydrogen-bond acceptors (Lipinski definition) is 2. The van der Waals surface area contributed by atoms with Crippen molar-refractivity contribution in [3.8, 4) is 0 Å². The molecule has 2 rings (SSSR count). The van der Waals surface area contributed by atoms with Gasteiger partial charge in [-0.05, 0) is 25.0 Å². The van der Waals surface area contributed by atoms with E-state index in [9.17, 15) is 13.6 Å². The van der Waals surface area contributed by atoms with E-state index in [1.165, 1.54) is 12.1 Å². The average Bonchev–Trinajstić information content (AvgIpc) is 2.29. The number of halogens is 2. The third-order valence-electron chi connectivity index (χ3n) is 2.98. The van der Waals surface area contributed by atoms with Crippen molar-refractivity contribution in [1.29, 1.82) is 0 Å². The molecule has 0 bridgehead atoms. The summed E-state index contributed by atoms with van der Waals surface area (Å²) < 4.78 is 26.2. The second-order valence-electron chi connectivity index (χ2n) is 4.06. The van der Waals surface area contributed by atoms with Gasteiger partial charge in [0.25, 0.3) is 0 Å². The van der Waals surface area contributed by atoms with E-state index in [0.717, 1.165) is 25.2 Å². The summed E-state index contributed by atoms with van der Waals surface area (Å²) in [5.41, 5.74) is 0.422. The van der Waals surface area contributed by atoms with E-state index in [-0.39, 0.29) is 5.92 Å². The largest absolute Gasteiger partial charge is 0.369 e. The molecule has 1 aliphatic heterocycles. The van der Waals surface area contributed by atoms with Crippen molar-refractivity contribution in [3.05, 3.63) is 29.8 Å². The highest BCUT2D eigenvalue weighted by Gasteiger charge is 2.20. The van der Waals surface area contributed by atoms with E-state index >= 15 is 0 Å². The molecule has 0 radical (unpaired) electrons. The van der Waals surface area contributed by atoms with Crippen LogP contribution in [0.1, 0.15) is 12.8 Å². The number of nitrogens with zero attached hydrogens (tertiary/aromatic N) is 1. The zero-order valence-electron chi connectivity index (χ0n) is 8.83. The van der Waals surface area contributed by atoms with Gasteiger partial charge in [-0.25, -0.2) is 8.78 Å². The first-order valence-electron chi connectivity index (χ1n) is 5.36. The lowest BCUT2D eigenvalue weighted by molar-refractivity contribution is -0.111. The summed E-state index contributed by atoms with van der Waals surface area (Å²) in [6, 6.07) is 3.59. The van der Waals surface area contributed by atoms with E-state index in [1.54, 1.807) is 0 Å². The number of piperidine rings is 1. The minimum Gasteiger partial charge on any atom is -0.369 e. The smallest absolute Gasteiger partial charge is 0.149 e. The minimum atomic E-state index is -0.566. The topological polar surface area (TPSA) is 20.3 Å². The molecule has 16 heavy (non-hydrogen) atoms. The Kier molecular flexibility index (Phi) is 3.17. The van der Waals surface area contributed by atoms with Crippen LogP contribution >= 0.6 is 0 Å². The second kappa shape index (κ2) is 4.60. The number of benzene rings is 1. The summed E-state index contributed by atoms with van der Waals surface area (Å²) >= 11 is 0. The van der Waals surface area contributed by atoms with Crippen LogP contribution in [0.25, 0.3) is 0 Å². The number of carbonyl (C=O) groups excluding carboxylic acids is 1. The lowest BCUT2D eigenvalue weighted by Gasteiger charge is -2.31. The van der Waals surface area contributed by atoms with E-state index in [4.69, 9.17) is 0 Å². The molecule has 1 aromatic carbocycles. The van der Waals surface area contributed by atoms with Crippen molar-refractivity contribution in [2.24, 2.45) is 5.92 Å². The molecule has 0 saturated carbocycles. The fourth-order valence-electron chi connectivity index (χ4n) is 2.01. The van der Waals surface area contributed by atoms with Gasteiger partial charge in [-0.15, -0.1) is 0 Å². The van der Waals surface area contributed by atoms with Gasteiger partial charge < -0.3 is 9.69 Å². The Bertz CT molecular complexity index is 387. The van der Waals surface area contributed by atoms with Crippen LogP contribution in [-0.4, -0.2) is 19.4 Å². The Morgan fingerprint density at radius 1 is 1.25 bits per heavy atom. The Balaban J connectivity index is 2.11. The van der Waals surface area contributed by atoms with Gasteiger partial charge in [0.2, 0.25) is 0 Å². The van der Waals surface area contributed by atoms with Gasteiger partial charge in [0.1, 0.15) is 17.9 Å². The highest BCUT2D eigenvalue weighted by molar-refractivity contribution is 5.55. The summed E-state index contributed by atoms with van der Waals surface area (Å²) in [5, 5.41) is 0. The van der Waals surface area contributed by atoms with Crippen LogP contribution in [0.2, 0.25) is 0 Å². The molecule has 86 valence electrons. The maximum absolute atomic E-state index is 13.5. The summed E-state index contributed by atoms with van der Waals surface area (Å²) in [5.74, 6) is -1.02. The fraction of sp³-hybridized carbons (Fsp3) is 0.417. The Labute approximate surface area is 92.9 Å². The Hall–Kier alpha value is -1.45. The van der Waals surface area contributed by atoms with Crippen molar-refractivity contribution in [3.63, 3.8) is 0 Å². The van der Waals surface area contributed by atoms with Crippen LogP contribution in [-0.2, 0) is 4.79 Å². The standard InChI is InChI=1S/C12H13F2NO/c13-10-1-2-12(11(14)7-10)15-5-3-9(8-16)4-6-15/h1-2,7-9H,3-6H2. The van der Waals surface area contributed by atoms with Gasteiger partial charge in [0, 0.05) is 25.1 Å². The number of hydrogen-bond donors (Lipinski definition) is 0. The van der Waals surface area contributed by atoms with Crippen LogP contribution < -0.4 is 4.90 Å². The van der Waals surface area contributed by atoms with Gasteiger partial charge in [-0.1, -0.05) is 0 Å². The first-order chi connectivity index (χ1) is 7.70. The monoisotopic (exact) mass is 225 g/mol. The molecule has 0 unspecified atom stereocenters. The van der Waals surface area contributed by atoms with Crippen LogP contribution in [0.15, 0.2) is 18.2 Å². The van der Waals surface area contributed by atoms with Crippen molar-refractivity contribution >= 4 is 12.0 Å². The van der Waals surface area contributed by atoms with Gasteiger partial charge in [0.15, 0.2) is 0 Å². The zero-order valence-corrected chi connectivity index (χ0v) is 8.83. The fourth-order valence-corrected chi connectivity index (χ4v) is 2.01. The maximum atomic E-state index is 13.5. The molecule has 2 nitrogen and oxygen atoms in total. The first-order valence-corrected chi connectivity index (χ1v) is 5.36. The third kappa shape index (κ3) is 2.21. The Morgan fingerprint density at radius 2 is 1.94 bits per heavy atom. The molecule has 1 aliphatic rings. The molecular weight excluding hydrogens is 212 g/mol. The van der Waals surface area contributed by atoms with E-state index in [2.05, 4.69) is 0 Å². The van der Waals surface area contributed by atoms with Gasteiger partial charge in [0.05, 0.1) is 5.69 Å². The van der Waals surface area contributed by atoms with Crippen molar-refractivity contribution in [2.45, 2.75) is 12.8 Å². The molecule has 0 atom stereocenters. The Morgan fingerprint density at radius 3 is 2.50 bits per heavy atom. The van der Waals surface area contributed by atoms with Crippen molar-refractivity contribution in [1.82, 2.24) is 0 Å². The van der Waals surface area contributed by atoms with E-state index in [1.807, 2.05) is 4.90 Å². The predicted octanol–water partition coefficient (Wildman–Crippen LogP) is 2.38. The normalized spacial score (nSPS) is 17.5. The van der Waals surface area contributed by atoms with Gasteiger partial charge >= 0.3 is 0 Å². The van der Waals surface area contributed by atoms with Gasteiger partial charge in [-0.3, -0.25) is 0 Å². The molecule has 1 heterocycles. The molecule has 0 spiro atoms. The number of anilines is 1. The van der Waals surface area contributed by atoms with Crippen molar-refractivity contribution < 1.29 is 13.6 Å². The molecule has 0 N–H and O–H groups in total. The molecule has 1 aromatic rings. The number of aldehydes is 1. The lowest BCUT2D eigenvalue weighted by atomic mass is 9.98. The van der Waals surface area contributed by atoms with Crippen LogP contribution in [0.4, 0.5) is 14.5 Å². The van der Waals surface area contributed by atoms with Crippen LogP contribution in [0, 0.1) is 17.6 Å². The molecule has 1 saturated heterocycles. The predicted molar refractivity (Wildman–Crippen MR) is 57.4 cm³/mol. The average molecular weight is 225 g/mol. The van der Waals surface area contributed by atoms with Crippen LogP contribution in [0.3, 0.4) is 0 Å². The van der Waals surface area contributed by atoms with Crippen molar-refractivity contribution in [2.75, 3.05) is 18.0 Å². The summed E-state index contributed by atoms with van der Waals surface area (Å²) in [6.45, 7) is 1.29. The third-order valence-corrected chi connectivity index (χ3v) is 2.98. The molecule has 0 aliphatic carbocycles. The van der Waals surface area contributed by atoms with Crippen LogP contribution in [0.5, 0.6) is 0 Å². The molecule has 0 aromatic heterocycles. The second-order valence-corrected chi connectivity index (χ2v) is 4.06. The number of carbonyl (C=O) groups is 1. The quantitative estimate of drug-likeness (QED) is 0.720. The summed E-state index contributed by atoms with van der Waals surface area (Å²) in [6.07, 6.45) is 2.43. The van der Waals surface area contributed by atoms with Gasteiger partial charge in [-0.2, -0.15) is 0 Å². The molecular formula is C12H13F2NO. The molecule has 1 fully saturated rings. The molecule has 0 amide bonds. The van der Waals surface area contributed by atoms with E-state index < -0.39 is 11.6 Å². The zero-order chi connectivity index (χ0) is 11.5.